The van der Waals surface area contributed by atoms with Crippen molar-refractivity contribution in [3.8, 4) is 0 Å². The highest BCUT2D eigenvalue weighted by molar-refractivity contribution is 5.56. The van der Waals surface area contributed by atoms with E-state index >= 15 is 0 Å². The third kappa shape index (κ3) is 3.35. The Kier molecular flexibility index (Phi) is 4.58. The Balaban J connectivity index is 2.00. The first-order chi connectivity index (χ1) is 9.11. The number of anilines is 2. The Morgan fingerprint density at radius 3 is 2.42 bits per heavy atom. The number of aromatic nitrogens is 2. The van der Waals surface area contributed by atoms with E-state index in [1.54, 1.807) is 0 Å². The summed E-state index contributed by atoms with van der Waals surface area (Å²) >= 11 is 0. The molecule has 0 radical (unpaired) electrons. The lowest BCUT2D eigenvalue weighted by molar-refractivity contribution is 0.269. The fourth-order valence-electron chi connectivity index (χ4n) is 2.60. The Morgan fingerprint density at radius 2 is 1.79 bits per heavy atom. The molecule has 0 saturated carbocycles. The molecule has 1 saturated heterocycles. The second-order valence-electron chi connectivity index (χ2n) is 5.32. The molecule has 0 amide bonds. The van der Waals surface area contributed by atoms with Crippen LogP contribution in [0.3, 0.4) is 0 Å². The molecule has 5 heteroatoms. The fourth-order valence-corrected chi connectivity index (χ4v) is 2.60. The maximum Gasteiger partial charge on any atom is 0.134 e. The molecule has 1 atom stereocenters. The van der Waals surface area contributed by atoms with Gasteiger partial charge in [-0.15, -0.1) is 0 Å². The van der Waals surface area contributed by atoms with Gasteiger partial charge in [-0.05, 0) is 46.7 Å². The van der Waals surface area contributed by atoms with Crippen molar-refractivity contribution in [3.05, 3.63) is 11.4 Å². The standard InChI is InChI=1S/C14H25N5/c1-10(19-7-5-6-8-19)9-16-14-11(2)13(15-4)17-12(3)18-14/h10H,5-9H2,1-4H3,(H2,15,16,17,18). The maximum absolute atomic E-state index is 4.50. The highest BCUT2D eigenvalue weighted by Crippen LogP contribution is 2.20. The zero-order valence-electron chi connectivity index (χ0n) is 12.5. The van der Waals surface area contributed by atoms with E-state index in [2.05, 4.69) is 32.4 Å². The van der Waals surface area contributed by atoms with Gasteiger partial charge in [0, 0.05) is 25.2 Å². The van der Waals surface area contributed by atoms with Crippen LogP contribution >= 0.6 is 0 Å². The van der Waals surface area contributed by atoms with E-state index in [4.69, 9.17) is 0 Å². The number of hydrogen-bond acceptors (Lipinski definition) is 5. The monoisotopic (exact) mass is 263 g/mol. The quantitative estimate of drug-likeness (QED) is 0.851. The molecule has 0 aliphatic carbocycles. The van der Waals surface area contributed by atoms with Crippen molar-refractivity contribution >= 4 is 11.6 Å². The second kappa shape index (κ2) is 6.19. The van der Waals surface area contributed by atoms with Crippen LogP contribution in [-0.2, 0) is 0 Å². The second-order valence-corrected chi connectivity index (χ2v) is 5.32. The molecule has 19 heavy (non-hydrogen) atoms. The fraction of sp³-hybridized carbons (Fsp3) is 0.714. The molecule has 1 aliphatic rings. The van der Waals surface area contributed by atoms with Gasteiger partial charge in [0.15, 0.2) is 0 Å². The van der Waals surface area contributed by atoms with Crippen LogP contribution < -0.4 is 10.6 Å². The average Bonchev–Trinajstić information content (AvgIpc) is 2.93. The molecule has 106 valence electrons. The van der Waals surface area contributed by atoms with Crippen LogP contribution in [0.1, 0.15) is 31.2 Å². The van der Waals surface area contributed by atoms with E-state index < -0.39 is 0 Å². The summed E-state index contributed by atoms with van der Waals surface area (Å²) in [6.07, 6.45) is 2.67. The first kappa shape index (κ1) is 14.1. The molecule has 5 nitrogen and oxygen atoms in total. The van der Waals surface area contributed by atoms with E-state index in [1.165, 1.54) is 25.9 Å². The molecule has 2 N–H and O–H groups in total. The van der Waals surface area contributed by atoms with Gasteiger partial charge in [0.1, 0.15) is 17.5 Å². The Labute approximate surface area is 115 Å². The first-order valence-electron chi connectivity index (χ1n) is 7.12. The van der Waals surface area contributed by atoms with Crippen molar-refractivity contribution < 1.29 is 0 Å². The Morgan fingerprint density at radius 1 is 1.16 bits per heavy atom. The first-order valence-corrected chi connectivity index (χ1v) is 7.12. The highest BCUT2D eigenvalue weighted by Gasteiger charge is 2.18. The van der Waals surface area contributed by atoms with E-state index in [-0.39, 0.29) is 0 Å². The van der Waals surface area contributed by atoms with Crippen LogP contribution in [0.5, 0.6) is 0 Å². The van der Waals surface area contributed by atoms with E-state index in [0.717, 1.165) is 29.6 Å². The third-order valence-electron chi connectivity index (χ3n) is 3.82. The summed E-state index contributed by atoms with van der Waals surface area (Å²) < 4.78 is 0. The van der Waals surface area contributed by atoms with Gasteiger partial charge >= 0.3 is 0 Å². The maximum atomic E-state index is 4.50. The lowest BCUT2D eigenvalue weighted by Gasteiger charge is -2.24. The zero-order chi connectivity index (χ0) is 13.8. The minimum absolute atomic E-state index is 0.551. The number of nitrogens with one attached hydrogen (secondary N) is 2. The molecule has 1 unspecified atom stereocenters. The van der Waals surface area contributed by atoms with Gasteiger partial charge in [0.05, 0.1) is 0 Å². The van der Waals surface area contributed by atoms with Crippen LogP contribution in [0.15, 0.2) is 0 Å². The van der Waals surface area contributed by atoms with Gasteiger partial charge in [-0.3, -0.25) is 4.90 Å². The summed E-state index contributed by atoms with van der Waals surface area (Å²) in [5.74, 6) is 2.65. The van der Waals surface area contributed by atoms with Crippen molar-refractivity contribution in [1.82, 2.24) is 14.9 Å². The molecule has 2 heterocycles. The van der Waals surface area contributed by atoms with Crippen molar-refractivity contribution in [2.45, 2.75) is 39.7 Å². The van der Waals surface area contributed by atoms with Gasteiger partial charge in [-0.2, -0.15) is 0 Å². The van der Waals surface area contributed by atoms with Crippen LogP contribution in [0, 0.1) is 13.8 Å². The van der Waals surface area contributed by atoms with Crippen molar-refractivity contribution in [3.63, 3.8) is 0 Å². The van der Waals surface area contributed by atoms with Gasteiger partial charge in [-0.25, -0.2) is 9.97 Å². The number of hydrogen-bond donors (Lipinski definition) is 2. The van der Waals surface area contributed by atoms with Crippen molar-refractivity contribution in [1.29, 1.82) is 0 Å². The Bertz CT molecular complexity index is 426. The van der Waals surface area contributed by atoms with Crippen LogP contribution in [0.25, 0.3) is 0 Å². The smallest absolute Gasteiger partial charge is 0.134 e. The molecule has 0 aromatic carbocycles. The predicted octanol–water partition coefficient (Wildman–Crippen LogP) is 2.03. The normalized spacial score (nSPS) is 17.5. The Hall–Kier alpha value is -1.36. The molecular formula is C14H25N5. The summed E-state index contributed by atoms with van der Waals surface area (Å²) in [6.45, 7) is 9.64. The summed E-state index contributed by atoms with van der Waals surface area (Å²) in [7, 11) is 1.89. The lowest BCUT2D eigenvalue weighted by Crippen LogP contribution is -2.35. The van der Waals surface area contributed by atoms with E-state index in [1.807, 2.05) is 20.9 Å². The molecule has 0 bridgehead atoms. The topological polar surface area (TPSA) is 53.1 Å². The number of aryl methyl sites for hydroxylation is 1. The van der Waals surface area contributed by atoms with Crippen LogP contribution in [0.2, 0.25) is 0 Å². The summed E-state index contributed by atoms with van der Waals surface area (Å²) in [4.78, 5) is 11.4. The zero-order valence-corrected chi connectivity index (χ0v) is 12.5. The van der Waals surface area contributed by atoms with Crippen LogP contribution in [-0.4, -0.2) is 47.6 Å². The molecular weight excluding hydrogens is 238 g/mol. The van der Waals surface area contributed by atoms with E-state index in [0.29, 0.717) is 6.04 Å². The van der Waals surface area contributed by atoms with Gasteiger partial charge in [0.2, 0.25) is 0 Å². The average molecular weight is 263 g/mol. The minimum atomic E-state index is 0.551. The molecule has 2 rings (SSSR count). The highest BCUT2D eigenvalue weighted by atomic mass is 15.2. The SMILES string of the molecule is CNc1nc(C)nc(NCC(C)N2CCCC2)c1C. The molecule has 1 aliphatic heterocycles. The van der Waals surface area contributed by atoms with Gasteiger partial charge < -0.3 is 10.6 Å². The molecule has 1 fully saturated rings. The number of rotatable bonds is 5. The van der Waals surface area contributed by atoms with Crippen LogP contribution in [0.4, 0.5) is 11.6 Å². The van der Waals surface area contributed by atoms with Gasteiger partial charge in [0.25, 0.3) is 0 Å². The third-order valence-corrected chi connectivity index (χ3v) is 3.82. The summed E-state index contributed by atoms with van der Waals surface area (Å²) in [6, 6.07) is 0.551. The minimum Gasteiger partial charge on any atom is -0.373 e. The molecule has 1 aromatic rings. The molecule has 1 aromatic heterocycles. The van der Waals surface area contributed by atoms with Gasteiger partial charge in [-0.1, -0.05) is 0 Å². The largest absolute Gasteiger partial charge is 0.373 e. The summed E-state index contributed by atoms with van der Waals surface area (Å²) in [5, 5.41) is 6.59. The van der Waals surface area contributed by atoms with Crippen molar-refractivity contribution in [2.24, 2.45) is 0 Å². The predicted molar refractivity (Wildman–Crippen MR) is 79.8 cm³/mol. The molecule has 0 spiro atoms. The summed E-state index contributed by atoms with van der Waals surface area (Å²) in [5.41, 5.74) is 1.08. The number of likely N-dealkylation sites (tertiary alicyclic amines) is 1. The lowest BCUT2D eigenvalue weighted by atomic mass is 10.2. The number of nitrogens with zero attached hydrogens (tertiary/aromatic N) is 3. The van der Waals surface area contributed by atoms with E-state index in [9.17, 15) is 0 Å². The van der Waals surface area contributed by atoms with Crippen molar-refractivity contribution in [2.75, 3.05) is 37.3 Å².